The Balaban J connectivity index is 3.77. The molecule has 0 aliphatic rings. The molecule has 3 N–H and O–H groups in total. The van der Waals surface area contributed by atoms with Gasteiger partial charge in [0.25, 0.3) is 0 Å². The van der Waals surface area contributed by atoms with Crippen LogP contribution in [-0.4, -0.2) is 37.3 Å². The van der Waals surface area contributed by atoms with E-state index in [2.05, 4.69) is 57.5 Å². The fourth-order valence-electron chi connectivity index (χ4n) is 1.77. The van der Waals surface area contributed by atoms with E-state index in [0.29, 0.717) is 0 Å². The van der Waals surface area contributed by atoms with Gasteiger partial charge < -0.3 is 16.0 Å². The summed E-state index contributed by atoms with van der Waals surface area (Å²) in [5.41, 5.74) is 0.355. The summed E-state index contributed by atoms with van der Waals surface area (Å²) in [5, 5.41) is 10.4. The van der Waals surface area contributed by atoms with Crippen molar-refractivity contribution in [3.05, 3.63) is 0 Å². The Morgan fingerprint density at radius 3 is 1.33 bits per heavy atom. The Morgan fingerprint density at radius 1 is 0.733 bits per heavy atom. The van der Waals surface area contributed by atoms with Crippen LogP contribution in [0.2, 0.25) is 0 Å². The molecule has 0 radical (unpaired) electrons. The van der Waals surface area contributed by atoms with Crippen molar-refractivity contribution in [2.24, 2.45) is 0 Å². The first-order chi connectivity index (χ1) is 6.83. The first-order valence-corrected chi connectivity index (χ1v) is 6.04. The topological polar surface area (TPSA) is 36.1 Å². The van der Waals surface area contributed by atoms with Crippen molar-refractivity contribution in [3.63, 3.8) is 0 Å². The van der Waals surface area contributed by atoms with Crippen LogP contribution in [-0.2, 0) is 0 Å². The standard InChI is InChI=1S/C12H29N3/c1-7-14-11(3,4)9-13-10-12(5,6)15-8-2/h13-15H,7-10H2,1-6H3. The van der Waals surface area contributed by atoms with E-state index in [1.165, 1.54) is 0 Å². The highest BCUT2D eigenvalue weighted by Crippen LogP contribution is 2.02. The Bertz CT molecular complexity index is 146. The van der Waals surface area contributed by atoms with E-state index in [1.54, 1.807) is 0 Å². The van der Waals surface area contributed by atoms with Gasteiger partial charge in [0.05, 0.1) is 0 Å². The smallest absolute Gasteiger partial charge is 0.0249 e. The number of rotatable bonds is 8. The van der Waals surface area contributed by atoms with E-state index in [-0.39, 0.29) is 11.1 Å². The maximum absolute atomic E-state index is 3.51. The van der Waals surface area contributed by atoms with Gasteiger partial charge in [-0.2, -0.15) is 0 Å². The highest BCUT2D eigenvalue weighted by Gasteiger charge is 2.19. The Labute approximate surface area is 95.4 Å². The summed E-state index contributed by atoms with van der Waals surface area (Å²) in [7, 11) is 0. The third-order valence-electron chi connectivity index (χ3n) is 2.44. The first kappa shape index (κ1) is 14.9. The predicted molar refractivity (Wildman–Crippen MR) is 68.4 cm³/mol. The number of likely N-dealkylation sites (N-methyl/N-ethyl adjacent to an activating group) is 2. The monoisotopic (exact) mass is 215 g/mol. The molecule has 0 aromatic carbocycles. The third-order valence-corrected chi connectivity index (χ3v) is 2.44. The fourth-order valence-corrected chi connectivity index (χ4v) is 1.77. The normalized spacial score (nSPS) is 13.2. The van der Waals surface area contributed by atoms with Crippen LogP contribution in [0.15, 0.2) is 0 Å². The lowest BCUT2D eigenvalue weighted by molar-refractivity contribution is 0.326. The Kier molecular flexibility index (Phi) is 6.41. The zero-order chi connectivity index (χ0) is 11.9. The van der Waals surface area contributed by atoms with Crippen LogP contribution >= 0.6 is 0 Å². The van der Waals surface area contributed by atoms with Gasteiger partial charge in [0.15, 0.2) is 0 Å². The molecule has 15 heavy (non-hydrogen) atoms. The van der Waals surface area contributed by atoms with E-state index >= 15 is 0 Å². The molecule has 0 aromatic rings. The minimum absolute atomic E-state index is 0.178. The fraction of sp³-hybridized carbons (Fsp3) is 1.00. The maximum atomic E-state index is 3.51. The molecular formula is C12H29N3. The number of nitrogens with one attached hydrogen (secondary N) is 3. The van der Waals surface area contributed by atoms with Crippen LogP contribution in [0.1, 0.15) is 41.5 Å². The second-order valence-corrected chi connectivity index (χ2v) is 5.43. The van der Waals surface area contributed by atoms with Crippen molar-refractivity contribution >= 4 is 0 Å². The third kappa shape index (κ3) is 7.77. The SMILES string of the molecule is CCNC(C)(C)CNCC(C)(C)NCC. The van der Waals surface area contributed by atoms with Crippen molar-refractivity contribution in [1.82, 2.24) is 16.0 Å². The maximum Gasteiger partial charge on any atom is 0.0249 e. The van der Waals surface area contributed by atoms with Crippen molar-refractivity contribution in [3.8, 4) is 0 Å². The molecule has 3 nitrogen and oxygen atoms in total. The highest BCUT2D eigenvalue weighted by molar-refractivity contribution is 4.84. The van der Waals surface area contributed by atoms with Gasteiger partial charge in [-0.05, 0) is 40.8 Å². The molecule has 0 bridgehead atoms. The molecule has 0 saturated carbocycles. The lowest BCUT2D eigenvalue weighted by atomic mass is 10.0. The van der Waals surface area contributed by atoms with Gasteiger partial charge in [-0.25, -0.2) is 0 Å². The summed E-state index contributed by atoms with van der Waals surface area (Å²) in [6.07, 6.45) is 0. The van der Waals surface area contributed by atoms with E-state index in [1.807, 2.05) is 0 Å². The molecule has 0 spiro atoms. The lowest BCUT2D eigenvalue weighted by Gasteiger charge is -2.30. The van der Waals surface area contributed by atoms with E-state index in [0.717, 1.165) is 26.2 Å². The molecule has 0 aliphatic carbocycles. The summed E-state index contributed by atoms with van der Waals surface area (Å²) >= 11 is 0. The van der Waals surface area contributed by atoms with Crippen LogP contribution in [0.5, 0.6) is 0 Å². The molecule has 0 aromatic heterocycles. The quantitative estimate of drug-likeness (QED) is 0.572. The average Bonchev–Trinajstić information content (AvgIpc) is 2.02. The van der Waals surface area contributed by atoms with Crippen molar-refractivity contribution in [2.45, 2.75) is 52.6 Å². The lowest BCUT2D eigenvalue weighted by Crippen LogP contribution is -2.53. The number of hydrogen-bond donors (Lipinski definition) is 3. The molecule has 0 unspecified atom stereocenters. The predicted octanol–water partition coefficient (Wildman–Crippen LogP) is 1.35. The van der Waals surface area contributed by atoms with Crippen LogP contribution < -0.4 is 16.0 Å². The van der Waals surface area contributed by atoms with Gasteiger partial charge in [0.1, 0.15) is 0 Å². The van der Waals surface area contributed by atoms with Crippen LogP contribution in [0.3, 0.4) is 0 Å². The van der Waals surface area contributed by atoms with Crippen LogP contribution in [0.4, 0.5) is 0 Å². The van der Waals surface area contributed by atoms with Gasteiger partial charge >= 0.3 is 0 Å². The van der Waals surface area contributed by atoms with E-state index in [4.69, 9.17) is 0 Å². The Hall–Kier alpha value is -0.120. The second kappa shape index (κ2) is 6.46. The minimum Gasteiger partial charge on any atom is -0.313 e. The summed E-state index contributed by atoms with van der Waals surface area (Å²) in [4.78, 5) is 0. The molecule has 0 atom stereocenters. The minimum atomic E-state index is 0.178. The molecule has 92 valence electrons. The van der Waals surface area contributed by atoms with E-state index in [9.17, 15) is 0 Å². The summed E-state index contributed by atoms with van der Waals surface area (Å²) < 4.78 is 0. The summed E-state index contributed by atoms with van der Waals surface area (Å²) in [5.74, 6) is 0. The van der Waals surface area contributed by atoms with E-state index < -0.39 is 0 Å². The zero-order valence-corrected chi connectivity index (χ0v) is 11.3. The van der Waals surface area contributed by atoms with Crippen molar-refractivity contribution in [1.29, 1.82) is 0 Å². The summed E-state index contributed by atoms with van der Waals surface area (Å²) in [6, 6.07) is 0. The van der Waals surface area contributed by atoms with Gasteiger partial charge in [0.2, 0.25) is 0 Å². The summed E-state index contributed by atoms with van der Waals surface area (Å²) in [6.45, 7) is 17.2. The van der Waals surface area contributed by atoms with Gasteiger partial charge in [-0.15, -0.1) is 0 Å². The Morgan fingerprint density at radius 2 is 1.07 bits per heavy atom. The molecule has 0 amide bonds. The molecule has 0 fully saturated rings. The van der Waals surface area contributed by atoms with Gasteiger partial charge in [-0.3, -0.25) is 0 Å². The second-order valence-electron chi connectivity index (χ2n) is 5.43. The van der Waals surface area contributed by atoms with Gasteiger partial charge in [-0.1, -0.05) is 13.8 Å². The number of hydrogen-bond acceptors (Lipinski definition) is 3. The van der Waals surface area contributed by atoms with Crippen LogP contribution in [0, 0.1) is 0 Å². The first-order valence-electron chi connectivity index (χ1n) is 6.04. The van der Waals surface area contributed by atoms with Crippen molar-refractivity contribution < 1.29 is 0 Å². The van der Waals surface area contributed by atoms with Crippen LogP contribution in [0.25, 0.3) is 0 Å². The average molecular weight is 215 g/mol. The van der Waals surface area contributed by atoms with Gasteiger partial charge in [0, 0.05) is 24.2 Å². The van der Waals surface area contributed by atoms with Crippen molar-refractivity contribution in [2.75, 3.05) is 26.2 Å². The zero-order valence-electron chi connectivity index (χ0n) is 11.3. The highest BCUT2D eigenvalue weighted by atomic mass is 15.1. The molecule has 0 heterocycles. The molecule has 0 saturated heterocycles. The molecule has 0 rings (SSSR count). The molecule has 3 heteroatoms. The molecule has 0 aliphatic heterocycles. The molecular weight excluding hydrogens is 186 g/mol. The largest absolute Gasteiger partial charge is 0.313 e.